The highest BCUT2D eigenvalue weighted by Gasteiger charge is 2.37. The fourth-order valence-corrected chi connectivity index (χ4v) is 3.95. The summed E-state index contributed by atoms with van der Waals surface area (Å²) in [5, 5.41) is 5.00. The van der Waals surface area contributed by atoms with Gasteiger partial charge in [-0.2, -0.15) is 0 Å². The molecule has 1 N–H and O–H groups in total. The van der Waals surface area contributed by atoms with Gasteiger partial charge in [0.25, 0.3) is 0 Å². The second-order valence-electron chi connectivity index (χ2n) is 5.02. The number of likely N-dealkylation sites (N-methyl/N-ethyl adjacent to an activating group) is 1. The molecule has 0 saturated heterocycles. The predicted molar refractivity (Wildman–Crippen MR) is 86.6 cm³/mol. The Morgan fingerprint density at radius 3 is 2.65 bits per heavy atom. The maximum Gasteiger partial charge on any atom is 0.152 e. The van der Waals surface area contributed by atoms with E-state index in [-0.39, 0.29) is 11.5 Å². The van der Waals surface area contributed by atoms with Gasteiger partial charge in [0.1, 0.15) is 10.4 Å². The van der Waals surface area contributed by atoms with Crippen molar-refractivity contribution in [2.24, 2.45) is 4.99 Å². The fourth-order valence-electron chi connectivity index (χ4n) is 2.72. The quantitative estimate of drug-likeness (QED) is 0.868. The molecule has 100 valence electrons. The summed E-state index contributed by atoms with van der Waals surface area (Å²) < 4.78 is 0. The average Bonchev–Trinajstić information content (AvgIpc) is 2.93. The molecule has 2 aromatic carbocycles. The number of fused-ring (bicyclic) bond motifs is 2. The van der Waals surface area contributed by atoms with E-state index in [4.69, 9.17) is 4.99 Å². The molecule has 0 spiro atoms. The van der Waals surface area contributed by atoms with Crippen molar-refractivity contribution in [1.82, 2.24) is 0 Å². The lowest BCUT2D eigenvalue weighted by molar-refractivity contribution is 0.654. The summed E-state index contributed by atoms with van der Waals surface area (Å²) in [6.45, 7) is 0. The van der Waals surface area contributed by atoms with Crippen LogP contribution in [0.15, 0.2) is 59.6 Å². The number of benzene rings is 2. The third-order valence-corrected chi connectivity index (χ3v) is 4.94. The predicted octanol–water partition coefficient (Wildman–Crippen LogP) is 3.39. The third-order valence-electron chi connectivity index (χ3n) is 3.76. The highest BCUT2D eigenvalue weighted by atomic mass is 32.2. The first-order valence-electron chi connectivity index (χ1n) is 6.71. The van der Waals surface area contributed by atoms with Crippen molar-refractivity contribution in [2.45, 2.75) is 11.5 Å². The van der Waals surface area contributed by atoms with Crippen molar-refractivity contribution in [2.75, 3.05) is 17.3 Å². The zero-order chi connectivity index (χ0) is 13.5. The molecular formula is C16H15N3S. The van der Waals surface area contributed by atoms with Crippen LogP contribution < -0.4 is 10.2 Å². The zero-order valence-corrected chi connectivity index (χ0v) is 12.0. The number of para-hydroxylation sites is 2. The van der Waals surface area contributed by atoms with Crippen LogP contribution in [0.25, 0.3) is 0 Å². The van der Waals surface area contributed by atoms with E-state index >= 15 is 0 Å². The molecule has 0 bridgehead atoms. The van der Waals surface area contributed by atoms with Crippen molar-refractivity contribution in [3.8, 4) is 0 Å². The molecule has 0 fully saturated rings. The molecule has 0 aromatic heterocycles. The van der Waals surface area contributed by atoms with Crippen molar-refractivity contribution >= 4 is 28.2 Å². The van der Waals surface area contributed by atoms with Gasteiger partial charge < -0.3 is 10.2 Å². The largest absolute Gasteiger partial charge is 0.368 e. The van der Waals surface area contributed by atoms with E-state index in [1.54, 1.807) is 0 Å². The van der Waals surface area contributed by atoms with E-state index in [9.17, 15) is 0 Å². The fraction of sp³-hybridized carbons (Fsp3) is 0.188. The number of rotatable bonds is 1. The maximum atomic E-state index is 4.90. The van der Waals surface area contributed by atoms with Gasteiger partial charge in [0.15, 0.2) is 6.17 Å². The average molecular weight is 281 g/mol. The molecule has 0 amide bonds. The first-order chi connectivity index (χ1) is 9.83. The van der Waals surface area contributed by atoms with Crippen molar-refractivity contribution in [1.29, 1.82) is 0 Å². The molecule has 2 unspecified atom stereocenters. The van der Waals surface area contributed by atoms with Gasteiger partial charge in [-0.05, 0) is 12.1 Å². The van der Waals surface area contributed by atoms with E-state index in [1.807, 2.05) is 17.8 Å². The Kier molecular flexibility index (Phi) is 2.70. The number of thioether (sulfide) groups is 1. The molecule has 3 nitrogen and oxygen atoms in total. The number of anilines is 2. The lowest BCUT2D eigenvalue weighted by Gasteiger charge is -2.36. The van der Waals surface area contributed by atoms with Gasteiger partial charge in [0, 0.05) is 12.6 Å². The molecule has 4 rings (SSSR count). The summed E-state index contributed by atoms with van der Waals surface area (Å²) in [7, 11) is 2.12. The molecule has 2 aliphatic rings. The molecule has 0 saturated carbocycles. The minimum Gasteiger partial charge on any atom is -0.368 e. The third kappa shape index (κ3) is 1.79. The van der Waals surface area contributed by atoms with Crippen LogP contribution in [-0.2, 0) is 0 Å². The molecule has 0 aliphatic carbocycles. The van der Waals surface area contributed by atoms with Crippen LogP contribution in [0.2, 0.25) is 0 Å². The monoisotopic (exact) mass is 281 g/mol. The second kappa shape index (κ2) is 4.56. The SMILES string of the molecule is CN1c2ccccc2NC2SC(c3ccccc3)=NC21. The smallest absolute Gasteiger partial charge is 0.152 e. The van der Waals surface area contributed by atoms with Gasteiger partial charge in [-0.25, -0.2) is 4.99 Å². The molecule has 2 atom stereocenters. The Morgan fingerprint density at radius 1 is 1.05 bits per heavy atom. The molecule has 0 radical (unpaired) electrons. The summed E-state index contributed by atoms with van der Waals surface area (Å²) in [6, 6.07) is 18.8. The first-order valence-corrected chi connectivity index (χ1v) is 7.59. The lowest BCUT2D eigenvalue weighted by Crippen LogP contribution is -2.44. The molecule has 2 aromatic rings. The number of hydrogen-bond acceptors (Lipinski definition) is 4. The van der Waals surface area contributed by atoms with E-state index in [0.717, 1.165) is 5.04 Å². The zero-order valence-electron chi connectivity index (χ0n) is 11.2. The van der Waals surface area contributed by atoms with Gasteiger partial charge in [-0.1, -0.05) is 54.2 Å². The normalized spacial score (nSPS) is 23.6. The Bertz CT molecular complexity index is 668. The van der Waals surface area contributed by atoms with Crippen LogP contribution in [0.4, 0.5) is 11.4 Å². The van der Waals surface area contributed by atoms with Gasteiger partial charge in [-0.3, -0.25) is 0 Å². The summed E-state index contributed by atoms with van der Waals surface area (Å²) in [6.07, 6.45) is 0.158. The number of nitrogens with one attached hydrogen (secondary N) is 1. The minimum atomic E-state index is 0.158. The van der Waals surface area contributed by atoms with E-state index < -0.39 is 0 Å². The van der Waals surface area contributed by atoms with Crippen molar-refractivity contribution < 1.29 is 0 Å². The van der Waals surface area contributed by atoms with Crippen LogP contribution in [0, 0.1) is 0 Å². The topological polar surface area (TPSA) is 27.6 Å². The molecular weight excluding hydrogens is 266 g/mol. The Labute approximate surface area is 122 Å². The van der Waals surface area contributed by atoms with Gasteiger partial charge in [0.2, 0.25) is 0 Å². The van der Waals surface area contributed by atoms with Gasteiger partial charge in [0.05, 0.1) is 11.4 Å². The summed E-state index contributed by atoms with van der Waals surface area (Å²) in [5.74, 6) is 0. The van der Waals surface area contributed by atoms with Crippen LogP contribution in [0.5, 0.6) is 0 Å². The van der Waals surface area contributed by atoms with Crippen LogP contribution >= 0.6 is 11.8 Å². The van der Waals surface area contributed by atoms with E-state index in [1.165, 1.54) is 16.9 Å². The first kappa shape index (κ1) is 11.9. The summed E-state index contributed by atoms with van der Waals surface area (Å²) >= 11 is 1.81. The molecule has 20 heavy (non-hydrogen) atoms. The van der Waals surface area contributed by atoms with Crippen LogP contribution in [0.1, 0.15) is 5.56 Å². The van der Waals surface area contributed by atoms with Crippen LogP contribution in [-0.4, -0.2) is 23.6 Å². The Hall–Kier alpha value is -1.94. The maximum absolute atomic E-state index is 4.90. The highest BCUT2D eigenvalue weighted by molar-refractivity contribution is 8.15. The van der Waals surface area contributed by atoms with E-state index in [2.05, 4.69) is 65.8 Å². The molecule has 2 aliphatic heterocycles. The van der Waals surface area contributed by atoms with Crippen molar-refractivity contribution in [3.05, 3.63) is 60.2 Å². The Balaban J connectivity index is 1.70. The highest BCUT2D eigenvalue weighted by Crippen LogP contribution is 2.41. The van der Waals surface area contributed by atoms with E-state index in [0.29, 0.717) is 0 Å². The molecule has 2 heterocycles. The number of hydrogen-bond donors (Lipinski definition) is 1. The number of aliphatic imine (C=N–C) groups is 1. The lowest BCUT2D eigenvalue weighted by atomic mass is 10.2. The minimum absolute atomic E-state index is 0.158. The summed E-state index contributed by atoms with van der Waals surface area (Å²) in [4.78, 5) is 7.17. The Morgan fingerprint density at radius 2 is 1.80 bits per heavy atom. The van der Waals surface area contributed by atoms with Crippen LogP contribution in [0.3, 0.4) is 0 Å². The van der Waals surface area contributed by atoms with Gasteiger partial charge >= 0.3 is 0 Å². The van der Waals surface area contributed by atoms with Gasteiger partial charge in [-0.15, -0.1) is 0 Å². The second-order valence-corrected chi connectivity index (χ2v) is 6.16. The summed E-state index contributed by atoms with van der Waals surface area (Å²) in [5.41, 5.74) is 3.60. The standard InChI is InChI=1S/C16H15N3S/c1-19-13-10-6-5-9-12(13)17-16-14(19)18-15(20-16)11-7-3-2-4-8-11/h2-10,14,16-17H,1H3. The molecule has 4 heteroatoms. The van der Waals surface area contributed by atoms with Crippen molar-refractivity contribution in [3.63, 3.8) is 0 Å². The number of nitrogens with zero attached hydrogens (tertiary/aromatic N) is 2.